The number of benzene rings is 1. The van der Waals surface area contributed by atoms with E-state index in [1.165, 1.54) is 0 Å². The van der Waals surface area contributed by atoms with Gasteiger partial charge in [0.05, 0.1) is 32.3 Å². The van der Waals surface area contributed by atoms with Crippen LogP contribution in [0.15, 0.2) is 24.3 Å². The molecule has 1 aromatic rings. The molecular weight excluding hydrogens is 610 g/mol. The van der Waals surface area contributed by atoms with Crippen LogP contribution in [0, 0.1) is 17.8 Å². The average Bonchev–Trinajstić information content (AvgIpc) is 3.01. The van der Waals surface area contributed by atoms with E-state index >= 15 is 0 Å². The van der Waals surface area contributed by atoms with Crippen LogP contribution in [0.1, 0.15) is 72.8 Å². The number of ether oxygens (including phenoxy) is 3. The average molecular weight is 664 g/mol. The molecule has 0 radical (unpaired) electrons. The molecule has 0 saturated heterocycles. The number of anilines is 1. The molecule has 0 spiro atoms. The number of Topliss-reactive ketones (excluding diaryl/α,β-unsaturated/α-hetero) is 1. The first kappa shape index (κ1) is 41.0. The summed E-state index contributed by atoms with van der Waals surface area (Å²) in [5.74, 6) is -2.17. The van der Waals surface area contributed by atoms with Crippen molar-refractivity contribution in [2.75, 3.05) is 38.3 Å². The smallest absolute Gasteiger partial charge is 0.312 e. The van der Waals surface area contributed by atoms with Crippen molar-refractivity contribution in [1.29, 1.82) is 0 Å². The summed E-state index contributed by atoms with van der Waals surface area (Å²) >= 11 is 0. The lowest BCUT2D eigenvalue weighted by atomic mass is 10.0. The molecule has 14 nitrogen and oxygen atoms in total. The van der Waals surface area contributed by atoms with Crippen molar-refractivity contribution < 1.29 is 43.0 Å². The zero-order chi connectivity index (χ0) is 35.4. The van der Waals surface area contributed by atoms with Gasteiger partial charge >= 0.3 is 12.0 Å². The van der Waals surface area contributed by atoms with Gasteiger partial charge in [0.25, 0.3) is 0 Å². The Bertz CT molecular complexity index is 1160. The molecule has 0 aliphatic carbocycles. The summed E-state index contributed by atoms with van der Waals surface area (Å²) in [5.41, 5.74) is 6.34. The minimum absolute atomic E-state index is 0.0116. The third-order valence-electron chi connectivity index (χ3n) is 6.92. The van der Waals surface area contributed by atoms with Crippen molar-refractivity contribution in [1.82, 2.24) is 16.0 Å². The number of hydrogen-bond donors (Lipinski definition) is 5. The van der Waals surface area contributed by atoms with Gasteiger partial charge in [-0.15, -0.1) is 0 Å². The lowest BCUT2D eigenvalue weighted by molar-refractivity contribution is -0.148. The predicted molar refractivity (Wildman–Crippen MR) is 176 cm³/mol. The molecule has 0 unspecified atom stereocenters. The number of rotatable bonds is 23. The van der Waals surface area contributed by atoms with E-state index in [2.05, 4.69) is 21.3 Å². The van der Waals surface area contributed by atoms with Crippen LogP contribution in [0.5, 0.6) is 0 Å². The van der Waals surface area contributed by atoms with Crippen LogP contribution in [0.2, 0.25) is 0 Å². The fraction of sp³-hybridized carbons (Fsp3) is 0.636. The van der Waals surface area contributed by atoms with E-state index < -0.39 is 35.8 Å². The zero-order valence-corrected chi connectivity index (χ0v) is 28.5. The Kier molecular flexibility index (Phi) is 19.6. The van der Waals surface area contributed by atoms with E-state index in [9.17, 15) is 28.8 Å². The monoisotopic (exact) mass is 663 g/mol. The Hall–Kier alpha value is -4.04. The Labute approximate surface area is 277 Å². The second kappa shape index (κ2) is 22.5. The third-order valence-corrected chi connectivity index (χ3v) is 6.92. The lowest BCUT2D eigenvalue weighted by Crippen LogP contribution is -2.54. The Morgan fingerprint density at radius 3 is 1.94 bits per heavy atom. The summed E-state index contributed by atoms with van der Waals surface area (Å²) in [6.45, 7) is 12.0. The van der Waals surface area contributed by atoms with Crippen molar-refractivity contribution in [3.63, 3.8) is 0 Å². The van der Waals surface area contributed by atoms with Gasteiger partial charge in [-0.3, -0.25) is 24.0 Å². The maximum Gasteiger partial charge on any atom is 0.312 e. The molecule has 6 N–H and O–H groups in total. The number of esters is 1. The predicted octanol–water partition coefficient (Wildman–Crippen LogP) is 2.44. The van der Waals surface area contributed by atoms with E-state index in [0.29, 0.717) is 31.7 Å². The van der Waals surface area contributed by atoms with Crippen molar-refractivity contribution >= 4 is 41.2 Å². The zero-order valence-electron chi connectivity index (χ0n) is 28.5. The highest BCUT2D eigenvalue weighted by molar-refractivity contribution is 5.98. The number of ketones is 1. The maximum absolute atomic E-state index is 13.3. The highest BCUT2D eigenvalue weighted by atomic mass is 16.5. The second-order valence-electron chi connectivity index (χ2n) is 12.1. The van der Waals surface area contributed by atoms with Crippen LogP contribution in [0.3, 0.4) is 0 Å². The molecule has 0 saturated carbocycles. The molecule has 2 atom stereocenters. The molecular formula is C33H53N5O9. The van der Waals surface area contributed by atoms with Crippen LogP contribution in [0.25, 0.3) is 0 Å². The minimum Gasteiger partial charge on any atom is -0.461 e. The standard InChI is InChI=1S/C33H53N5O9/c1-21(2)27(39)13-16-45-18-19-46-17-14-28(40)38-29(22(3)4)31(42)37-26(8-7-15-35-33(34)44)30(41)36-25-11-9-24(10-12-25)20-47-32(43)23(5)6/h9-12,21-23,26,29H,7-8,13-20H2,1-6H3,(H,36,41)(H,37,42)(H,38,40)(H3,34,35,44)/t26-,29-/m0/s1. The molecule has 47 heavy (non-hydrogen) atoms. The molecule has 0 fully saturated rings. The molecule has 1 aromatic carbocycles. The largest absolute Gasteiger partial charge is 0.461 e. The van der Waals surface area contributed by atoms with Gasteiger partial charge in [-0.2, -0.15) is 0 Å². The number of hydrogen-bond acceptors (Lipinski definition) is 9. The number of carbonyl (C=O) groups is 6. The van der Waals surface area contributed by atoms with Gasteiger partial charge < -0.3 is 41.2 Å². The van der Waals surface area contributed by atoms with E-state index in [0.717, 1.165) is 5.56 Å². The van der Waals surface area contributed by atoms with Gasteiger partial charge in [-0.05, 0) is 36.5 Å². The molecule has 0 heterocycles. The van der Waals surface area contributed by atoms with Crippen molar-refractivity contribution in [2.45, 2.75) is 85.9 Å². The fourth-order valence-electron chi connectivity index (χ4n) is 4.01. The molecule has 1 rings (SSSR count). The third kappa shape index (κ3) is 18.0. The maximum atomic E-state index is 13.3. The number of carbonyl (C=O) groups excluding carboxylic acids is 6. The Balaban J connectivity index is 2.70. The van der Waals surface area contributed by atoms with Crippen LogP contribution in [0.4, 0.5) is 10.5 Å². The first-order valence-electron chi connectivity index (χ1n) is 16.1. The summed E-state index contributed by atoms with van der Waals surface area (Å²) < 4.78 is 16.1. The van der Waals surface area contributed by atoms with Crippen LogP contribution < -0.4 is 27.0 Å². The van der Waals surface area contributed by atoms with Crippen molar-refractivity contribution in [3.05, 3.63) is 29.8 Å². The van der Waals surface area contributed by atoms with Crippen LogP contribution >= 0.6 is 0 Å². The quantitative estimate of drug-likeness (QED) is 0.0860. The highest BCUT2D eigenvalue weighted by Crippen LogP contribution is 2.13. The molecule has 14 heteroatoms. The van der Waals surface area contributed by atoms with Crippen LogP contribution in [-0.4, -0.2) is 80.6 Å². The van der Waals surface area contributed by atoms with E-state index in [4.69, 9.17) is 19.9 Å². The first-order chi connectivity index (χ1) is 22.2. The number of primary amides is 1. The molecule has 5 amide bonds. The molecule has 0 aromatic heterocycles. The van der Waals surface area contributed by atoms with E-state index in [1.54, 1.807) is 52.0 Å². The Morgan fingerprint density at radius 2 is 1.38 bits per heavy atom. The van der Waals surface area contributed by atoms with Gasteiger partial charge in [0, 0.05) is 31.0 Å². The number of amides is 5. The second-order valence-corrected chi connectivity index (χ2v) is 12.1. The first-order valence-corrected chi connectivity index (χ1v) is 16.1. The van der Waals surface area contributed by atoms with Crippen molar-refractivity contribution in [3.8, 4) is 0 Å². The summed E-state index contributed by atoms with van der Waals surface area (Å²) in [6, 6.07) is 4.13. The Morgan fingerprint density at radius 1 is 0.766 bits per heavy atom. The van der Waals surface area contributed by atoms with Crippen molar-refractivity contribution in [2.24, 2.45) is 23.5 Å². The SMILES string of the molecule is CC(C)C(=O)CCOCCOCCC(=O)N[C@H](C(=O)N[C@@H](CCCNC(N)=O)C(=O)Nc1ccc(COC(=O)C(C)C)cc1)C(C)C. The van der Waals surface area contributed by atoms with Gasteiger partial charge in [-0.1, -0.05) is 53.7 Å². The normalized spacial score (nSPS) is 12.4. The number of urea groups is 1. The summed E-state index contributed by atoms with van der Waals surface area (Å²) in [4.78, 5) is 73.6. The topological polar surface area (TPSA) is 204 Å². The summed E-state index contributed by atoms with van der Waals surface area (Å²) in [6.07, 6.45) is 0.880. The van der Waals surface area contributed by atoms with Gasteiger partial charge in [-0.25, -0.2) is 4.79 Å². The van der Waals surface area contributed by atoms with E-state index in [1.807, 2.05) is 13.8 Å². The molecule has 0 bridgehead atoms. The summed E-state index contributed by atoms with van der Waals surface area (Å²) in [5, 5.41) is 10.7. The van der Waals surface area contributed by atoms with Crippen LogP contribution in [-0.2, 0) is 44.8 Å². The fourth-order valence-corrected chi connectivity index (χ4v) is 4.01. The lowest BCUT2D eigenvalue weighted by Gasteiger charge is -2.25. The molecule has 0 aliphatic rings. The molecule has 0 aliphatic heterocycles. The van der Waals surface area contributed by atoms with Gasteiger partial charge in [0.1, 0.15) is 24.5 Å². The van der Waals surface area contributed by atoms with E-state index in [-0.39, 0.29) is 68.7 Å². The van der Waals surface area contributed by atoms with Gasteiger partial charge in [0.15, 0.2) is 0 Å². The van der Waals surface area contributed by atoms with Gasteiger partial charge in [0.2, 0.25) is 17.7 Å². The highest BCUT2D eigenvalue weighted by Gasteiger charge is 2.29. The minimum atomic E-state index is -0.985. The molecule has 264 valence electrons. The number of nitrogens with two attached hydrogens (primary N) is 1. The summed E-state index contributed by atoms with van der Waals surface area (Å²) in [7, 11) is 0. The number of nitrogens with one attached hydrogen (secondary N) is 4.